The lowest BCUT2D eigenvalue weighted by atomic mass is 10.0. The van der Waals surface area contributed by atoms with Gasteiger partial charge in [-0.2, -0.15) is 0 Å². The Morgan fingerprint density at radius 2 is 2.15 bits per heavy atom. The number of carbonyl (C=O) groups is 1. The van der Waals surface area contributed by atoms with Crippen LogP contribution in [0.5, 0.6) is 0 Å². The molecule has 4 rings (SSSR count). The highest BCUT2D eigenvalue weighted by atomic mass is 35.5. The number of nitrogens with one attached hydrogen (secondary N) is 3. The summed E-state index contributed by atoms with van der Waals surface area (Å²) in [6, 6.07) is 3.88. The maximum Gasteiger partial charge on any atom is 0.245 e. The Kier molecular flexibility index (Phi) is 4.03. The zero-order valence-electron chi connectivity index (χ0n) is 14.5. The molecular formula is C18H19ClN6O. The normalized spacial score (nSPS) is 14.4. The molecule has 1 fully saturated rings. The quantitative estimate of drug-likeness (QED) is 0.641. The summed E-state index contributed by atoms with van der Waals surface area (Å²) >= 11 is 6.06. The molecule has 1 aliphatic rings. The van der Waals surface area contributed by atoms with Gasteiger partial charge < -0.3 is 15.6 Å². The predicted octanol–water partition coefficient (Wildman–Crippen LogP) is 3.14. The summed E-state index contributed by atoms with van der Waals surface area (Å²) in [5, 5.41) is 7.61. The zero-order valence-corrected chi connectivity index (χ0v) is 15.3. The first-order valence-electron chi connectivity index (χ1n) is 8.47. The van der Waals surface area contributed by atoms with Crippen molar-refractivity contribution in [2.24, 2.45) is 0 Å². The van der Waals surface area contributed by atoms with E-state index in [0.29, 0.717) is 22.7 Å². The van der Waals surface area contributed by atoms with Crippen molar-refractivity contribution in [1.29, 1.82) is 0 Å². The Labute approximate surface area is 155 Å². The fraction of sp³-hybridized carbons (Fsp3) is 0.333. The SMILES string of the molecule is CC(C)(Nc1ccnc(-c2c[nH]c3ncc(Cl)cc23)n1)C(=O)NC1CC1. The standard InChI is InChI=1S/C18H19ClN6O/c1-18(2,17(26)23-11-3-4-11)25-14-5-6-20-16(24-14)13-9-22-15-12(13)7-10(19)8-21-15/h5-9,11H,3-4H2,1-2H3,(H,21,22)(H,23,26)(H,20,24,25). The van der Waals surface area contributed by atoms with Gasteiger partial charge in [0.2, 0.25) is 5.91 Å². The number of carbonyl (C=O) groups excluding carboxylic acids is 1. The summed E-state index contributed by atoms with van der Waals surface area (Å²) in [5.74, 6) is 1.07. The Morgan fingerprint density at radius 3 is 2.92 bits per heavy atom. The number of hydrogen-bond acceptors (Lipinski definition) is 5. The van der Waals surface area contributed by atoms with Gasteiger partial charge in [0.15, 0.2) is 5.82 Å². The van der Waals surface area contributed by atoms with E-state index in [1.54, 1.807) is 24.7 Å². The van der Waals surface area contributed by atoms with E-state index < -0.39 is 5.54 Å². The van der Waals surface area contributed by atoms with E-state index in [2.05, 4.69) is 30.6 Å². The molecule has 0 saturated heterocycles. The predicted molar refractivity (Wildman–Crippen MR) is 101 cm³/mol. The van der Waals surface area contributed by atoms with Crippen LogP contribution in [0.25, 0.3) is 22.4 Å². The van der Waals surface area contributed by atoms with E-state index in [4.69, 9.17) is 11.6 Å². The zero-order chi connectivity index (χ0) is 18.3. The number of H-pyrrole nitrogens is 1. The molecule has 0 bridgehead atoms. The fourth-order valence-electron chi connectivity index (χ4n) is 2.69. The molecule has 0 aliphatic heterocycles. The van der Waals surface area contributed by atoms with E-state index in [1.807, 2.05) is 19.9 Å². The van der Waals surface area contributed by atoms with Gasteiger partial charge in [-0.15, -0.1) is 0 Å². The highest BCUT2D eigenvalue weighted by Crippen LogP contribution is 2.28. The average Bonchev–Trinajstić information content (AvgIpc) is 3.31. The Bertz CT molecular complexity index is 979. The number of rotatable bonds is 5. The van der Waals surface area contributed by atoms with Gasteiger partial charge >= 0.3 is 0 Å². The number of fused-ring (bicyclic) bond motifs is 1. The van der Waals surface area contributed by atoms with Gasteiger partial charge in [-0.05, 0) is 38.8 Å². The van der Waals surface area contributed by atoms with Crippen molar-refractivity contribution in [3.63, 3.8) is 0 Å². The monoisotopic (exact) mass is 370 g/mol. The van der Waals surface area contributed by atoms with Crippen LogP contribution in [-0.4, -0.2) is 37.4 Å². The average molecular weight is 371 g/mol. The molecule has 0 radical (unpaired) electrons. The van der Waals surface area contributed by atoms with Crippen molar-refractivity contribution in [3.05, 3.63) is 35.7 Å². The van der Waals surface area contributed by atoms with E-state index >= 15 is 0 Å². The molecule has 26 heavy (non-hydrogen) atoms. The first kappa shape index (κ1) is 16.8. The molecule has 3 aromatic rings. The van der Waals surface area contributed by atoms with Crippen LogP contribution < -0.4 is 10.6 Å². The number of aromatic amines is 1. The molecule has 0 atom stereocenters. The Hall–Kier alpha value is -2.67. The number of hydrogen-bond donors (Lipinski definition) is 3. The number of halogens is 1. The first-order chi connectivity index (χ1) is 12.4. The lowest BCUT2D eigenvalue weighted by Gasteiger charge is -2.25. The van der Waals surface area contributed by atoms with Gasteiger partial charge in [0.1, 0.15) is 17.0 Å². The highest BCUT2D eigenvalue weighted by molar-refractivity contribution is 6.31. The van der Waals surface area contributed by atoms with Crippen molar-refractivity contribution >= 4 is 34.4 Å². The third-order valence-electron chi connectivity index (χ3n) is 4.31. The maximum absolute atomic E-state index is 12.4. The number of anilines is 1. The summed E-state index contributed by atoms with van der Waals surface area (Å²) in [7, 11) is 0. The summed E-state index contributed by atoms with van der Waals surface area (Å²) in [4.78, 5) is 28.7. The number of amides is 1. The van der Waals surface area contributed by atoms with Gasteiger partial charge in [0.05, 0.1) is 5.02 Å². The van der Waals surface area contributed by atoms with Crippen LogP contribution in [0.1, 0.15) is 26.7 Å². The van der Waals surface area contributed by atoms with E-state index in [1.165, 1.54) is 0 Å². The van der Waals surface area contributed by atoms with Gasteiger partial charge in [-0.25, -0.2) is 15.0 Å². The van der Waals surface area contributed by atoms with E-state index in [-0.39, 0.29) is 5.91 Å². The molecule has 0 aromatic carbocycles. The first-order valence-corrected chi connectivity index (χ1v) is 8.85. The van der Waals surface area contributed by atoms with E-state index in [9.17, 15) is 4.79 Å². The Balaban J connectivity index is 1.61. The summed E-state index contributed by atoms with van der Waals surface area (Å²) < 4.78 is 0. The topological polar surface area (TPSA) is 95.6 Å². The fourth-order valence-corrected chi connectivity index (χ4v) is 2.85. The van der Waals surface area contributed by atoms with Crippen molar-refractivity contribution in [1.82, 2.24) is 25.3 Å². The minimum Gasteiger partial charge on any atom is -0.356 e. The summed E-state index contributed by atoms with van der Waals surface area (Å²) in [6.45, 7) is 3.67. The summed E-state index contributed by atoms with van der Waals surface area (Å²) in [5.41, 5.74) is 0.744. The molecule has 3 aromatic heterocycles. The van der Waals surface area contributed by atoms with Crippen LogP contribution >= 0.6 is 11.6 Å². The lowest BCUT2D eigenvalue weighted by molar-refractivity contribution is -0.124. The number of aromatic nitrogens is 4. The van der Waals surface area contributed by atoms with Crippen molar-refractivity contribution < 1.29 is 4.79 Å². The van der Waals surface area contributed by atoms with Crippen LogP contribution in [0.3, 0.4) is 0 Å². The van der Waals surface area contributed by atoms with Gasteiger partial charge in [-0.1, -0.05) is 11.6 Å². The van der Waals surface area contributed by atoms with Gasteiger partial charge in [0.25, 0.3) is 0 Å². The highest BCUT2D eigenvalue weighted by Gasteiger charge is 2.33. The second kappa shape index (κ2) is 6.25. The smallest absolute Gasteiger partial charge is 0.245 e. The third kappa shape index (κ3) is 3.35. The van der Waals surface area contributed by atoms with Crippen LogP contribution in [0.4, 0.5) is 5.82 Å². The summed E-state index contributed by atoms with van der Waals surface area (Å²) in [6.07, 6.45) is 7.16. The molecule has 134 valence electrons. The largest absolute Gasteiger partial charge is 0.356 e. The van der Waals surface area contributed by atoms with Gasteiger partial charge in [0, 0.05) is 35.6 Å². The Morgan fingerprint density at radius 1 is 1.35 bits per heavy atom. The molecule has 1 saturated carbocycles. The molecule has 7 nitrogen and oxygen atoms in total. The minimum atomic E-state index is -0.778. The van der Waals surface area contributed by atoms with Crippen LogP contribution in [0.2, 0.25) is 5.02 Å². The molecular weight excluding hydrogens is 352 g/mol. The molecule has 1 aliphatic carbocycles. The lowest BCUT2D eigenvalue weighted by Crippen LogP contribution is -2.48. The van der Waals surface area contributed by atoms with Gasteiger partial charge in [-0.3, -0.25) is 4.79 Å². The van der Waals surface area contributed by atoms with Crippen molar-refractivity contribution in [2.75, 3.05) is 5.32 Å². The maximum atomic E-state index is 12.4. The molecule has 0 unspecified atom stereocenters. The molecule has 8 heteroatoms. The van der Waals surface area contributed by atoms with Crippen LogP contribution in [-0.2, 0) is 4.79 Å². The van der Waals surface area contributed by atoms with E-state index in [0.717, 1.165) is 29.4 Å². The minimum absolute atomic E-state index is 0.0387. The van der Waals surface area contributed by atoms with Crippen LogP contribution in [0, 0.1) is 0 Å². The number of pyridine rings is 1. The van der Waals surface area contributed by atoms with Crippen molar-refractivity contribution in [3.8, 4) is 11.4 Å². The number of nitrogens with zero attached hydrogens (tertiary/aromatic N) is 3. The van der Waals surface area contributed by atoms with Crippen LogP contribution in [0.15, 0.2) is 30.7 Å². The third-order valence-corrected chi connectivity index (χ3v) is 4.52. The molecule has 0 spiro atoms. The molecule has 3 heterocycles. The molecule has 3 N–H and O–H groups in total. The van der Waals surface area contributed by atoms with Crippen molar-refractivity contribution in [2.45, 2.75) is 38.3 Å². The second-order valence-electron chi connectivity index (χ2n) is 7.02. The second-order valence-corrected chi connectivity index (χ2v) is 7.45. The molecule has 1 amide bonds.